The van der Waals surface area contributed by atoms with Gasteiger partial charge < -0.3 is 19.9 Å². The van der Waals surface area contributed by atoms with Crippen LogP contribution in [0.4, 0.5) is 4.79 Å². The number of amides is 3. The van der Waals surface area contributed by atoms with Gasteiger partial charge in [0, 0.05) is 39.1 Å². The highest BCUT2D eigenvalue weighted by molar-refractivity contribution is 5.82. The normalized spacial score (nSPS) is 17.7. The average Bonchev–Trinajstić information content (AvgIpc) is 2.53. The molecular weight excluding hydrogens is 296 g/mol. The van der Waals surface area contributed by atoms with Crippen LogP contribution in [0.2, 0.25) is 0 Å². The van der Waals surface area contributed by atoms with Crippen LogP contribution in [0.15, 0.2) is 12.3 Å². The maximum absolute atomic E-state index is 12.3. The van der Waals surface area contributed by atoms with Crippen molar-refractivity contribution in [3.63, 3.8) is 0 Å². The van der Waals surface area contributed by atoms with Crippen LogP contribution < -0.4 is 5.32 Å². The second-order valence-corrected chi connectivity index (χ2v) is 5.95. The minimum Gasteiger partial charge on any atom is -0.365 e. The van der Waals surface area contributed by atoms with E-state index < -0.39 is 6.10 Å². The number of pyridine rings is 1. The first-order chi connectivity index (χ1) is 10.9. The summed E-state index contributed by atoms with van der Waals surface area (Å²) in [5.41, 5.74) is 3.04. The van der Waals surface area contributed by atoms with Gasteiger partial charge in [-0.25, -0.2) is 4.79 Å². The summed E-state index contributed by atoms with van der Waals surface area (Å²) in [6, 6.07) is 1.80. The fourth-order valence-electron chi connectivity index (χ4n) is 2.46. The lowest BCUT2D eigenvalue weighted by atomic mass is 10.1. The molecule has 0 spiro atoms. The summed E-state index contributed by atoms with van der Waals surface area (Å²) in [7, 11) is 3.36. The molecule has 1 unspecified atom stereocenters. The molecule has 0 aromatic carbocycles. The summed E-state index contributed by atoms with van der Waals surface area (Å²) in [4.78, 5) is 31.6. The fourth-order valence-corrected chi connectivity index (χ4v) is 2.46. The van der Waals surface area contributed by atoms with Gasteiger partial charge in [-0.05, 0) is 31.0 Å². The van der Waals surface area contributed by atoms with E-state index in [2.05, 4.69) is 10.3 Å². The predicted octanol–water partition coefficient (Wildman–Crippen LogP) is 0.697. The number of carbonyl (C=O) groups excluding carboxylic acids is 2. The Balaban J connectivity index is 1.91. The van der Waals surface area contributed by atoms with Gasteiger partial charge in [0.15, 0.2) is 6.10 Å². The average molecular weight is 320 g/mol. The smallest absolute Gasteiger partial charge is 0.317 e. The summed E-state index contributed by atoms with van der Waals surface area (Å²) in [5, 5.41) is 2.88. The molecular formula is C16H24N4O3. The van der Waals surface area contributed by atoms with Crippen LogP contribution in [0.3, 0.4) is 0 Å². The van der Waals surface area contributed by atoms with Gasteiger partial charge in [0.2, 0.25) is 0 Å². The third-order valence-electron chi connectivity index (χ3n) is 3.86. The molecule has 1 atom stereocenters. The van der Waals surface area contributed by atoms with E-state index in [9.17, 15) is 9.59 Å². The molecule has 2 heterocycles. The largest absolute Gasteiger partial charge is 0.365 e. The molecule has 1 aromatic heterocycles. The molecule has 1 saturated heterocycles. The Bertz CT molecular complexity index is 589. The van der Waals surface area contributed by atoms with Crippen molar-refractivity contribution in [1.29, 1.82) is 0 Å². The quantitative estimate of drug-likeness (QED) is 0.889. The Kier molecular flexibility index (Phi) is 5.54. The maximum Gasteiger partial charge on any atom is 0.317 e. The molecule has 1 N–H and O–H groups in total. The molecule has 1 fully saturated rings. The number of ether oxygens (including phenoxy) is 1. The second-order valence-electron chi connectivity index (χ2n) is 5.95. The Hall–Kier alpha value is -2.15. The van der Waals surface area contributed by atoms with Gasteiger partial charge >= 0.3 is 6.03 Å². The number of nitrogens with zero attached hydrogens (tertiary/aromatic N) is 3. The first-order valence-electron chi connectivity index (χ1n) is 7.66. The number of aryl methyl sites for hydroxylation is 2. The van der Waals surface area contributed by atoms with Crippen molar-refractivity contribution >= 4 is 11.9 Å². The van der Waals surface area contributed by atoms with Crippen molar-refractivity contribution in [2.75, 3.05) is 33.8 Å². The van der Waals surface area contributed by atoms with Gasteiger partial charge in [0.05, 0.1) is 13.2 Å². The van der Waals surface area contributed by atoms with Crippen LogP contribution in [0, 0.1) is 13.8 Å². The zero-order valence-electron chi connectivity index (χ0n) is 14.1. The van der Waals surface area contributed by atoms with E-state index in [0.717, 1.165) is 16.8 Å². The molecule has 2 rings (SSSR count). The van der Waals surface area contributed by atoms with E-state index in [4.69, 9.17) is 4.74 Å². The van der Waals surface area contributed by atoms with Crippen molar-refractivity contribution in [3.05, 3.63) is 29.1 Å². The maximum atomic E-state index is 12.3. The summed E-state index contributed by atoms with van der Waals surface area (Å²) >= 11 is 0. The Morgan fingerprint density at radius 2 is 2.17 bits per heavy atom. The Labute approximate surface area is 136 Å². The Morgan fingerprint density at radius 1 is 1.43 bits per heavy atom. The number of aromatic nitrogens is 1. The fraction of sp³-hybridized carbons (Fsp3) is 0.562. The zero-order chi connectivity index (χ0) is 17.0. The second kappa shape index (κ2) is 7.41. The highest BCUT2D eigenvalue weighted by atomic mass is 16.5. The number of urea groups is 1. The highest BCUT2D eigenvalue weighted by Crippen LogP contribution is 2.10. The van der Waals surface area contributed by atoms with Gasteiger partial charge in [0.25, 0.3) is 5.91 Å². The van der Waals surface area contributed by atoms with Gasteiger partial charge in [-0.3, -0.25) is 9.78 Å². The summed E-state index contributed by atoms with van der Waals surface area (Å²) in [6.07, 6.45) is 1.19. The molecule has 126 valence electrons. The summed E-state index contributed by atoms with van der Waals surface area (Å²) < 4.78 is 5.45. The number of hydrogen-bond donors (Lipinski definition) is 1. The van der Waals surface area contributed by atoms with Gasteiger partial charge in [-0.1, -0.05) is 0 Å². The monoisotopic (exact) mass is 320 g/mol. The molecule has 0 radical (unpaired) electrons. The lowest BCUT2D eigenvalue weighted by molar-refractivity contribution is -0.145. The molecule has 0 saturated carbocycles. The number of hydrogen-bond acceptors (Lipinski definition) is 4. The van der Waals surface area contributed by atoms with Crippen molar-refractivity contribution in [1.82, 2.24) is 20.1 Å². The number of carbonyl (C=O) groups is 2. The van der Waals surface area contributed by atoms with Crippen LogP contribution in [0.1, 0.15) is 16.8 Å². The van der Waals surface area contributed by atoms with Crippen LogP contribution >= 0.6 is 0 Å². The zero-order valence-corrected chi connectivity index (χ0v) is 14.1. The minimum atomic E-state index is -0.590. The molecule has 7 nitrogen and oxygen atoms in total. The minimum absolute atomic E-state index is 0.124. The molecule has 1 aliphatic heterocycles. The van der Waals surface area contributed by atoms with E-state index >= 15 is 0 Å². The van der Waals surface area contributed by atoms with Gasteiger partial charge in [-0.2, -0.15) is 0 Å². The lowest BCUT2D eigenvalue weighted by Gasteiger charge is -2.33. The number of rotatable bonds is 3. The van der Waals surface area contributed by atoms with Crippen LogP contribution in [0.25, 0.3) is 0 Å². The van der Waals surface area contributed by atoms with E-state index in [1.165, 1.54) is 4.90 Å². The first kappa shape index (κ1) is 17.2. The molecule has 7 heteroatoms. The predicted molar refractivity (Wildman–Crippen MR) is 86.0 cm³/mol. The van der Waals surface area contributed by atoms with Crippen LogP contribution in [-0.4, -0.2) is 66.6 Å². The van der Waals surface area contributed by atoms with Crippen LogP contribution in [-0.2, 0) is 16.1 Å². The highest BCUT2D eigenvalue weighted by Gasteiger charge is 2.30. The third kappa shape index (κ3) is 4.41. The molecule has 1 aromatic rings. The van der Waals surface area contributed by atoms with Crippen molar-refractivity contribution in [2.45, 2.75) is 26.5 Å². The molecule has 0 bridgehead atoms. The van der Waals surface area contributed by atoms with Crippen molar-refractivity contribution in [3.8, 4) is 0 Å². The van der Waals surface area contributed by atoms with Crippen molar-refractivity contribution < 1.29 is 14.3 Å². The van der Waals surface area contributed by atoms with Gasteiger partial charge in [-0.15, -0.1) is 0 Å². The van der Waals surface area contributed by atoms with E-state index in [1.54, 1.807) is 25.2 Å². The van der Waals surface area contributed by atoms with Crippen LogP contribution in [0.5, 0.6) is 0 Å². The number of morpholine rings is 1. The molecule has 1 aliphatic rings. The third-order valence-corrected chi connectivity index (χ3v) is 3.86. The summed E-state index contributed by atoms with van der Waals surface area (Å²) in [5.74, 6) is -0.124. The van der Waals surface area contributed by atoms with E-state index in [-0.39, 0.29) is 18.5 Å². The SMILES string of the molecule is Cc1cc(C)c(CNC(=O)N2CCOC(C(=O)N(C)C)C2)cn1. The molecule has 0 aliphatic carbocycles. The lowest BCUT2D eigenvalue weighted by Crippen LogP contribution is -2.53. The van der Waals surface area contributed by atoms with E-state index in [0.29, 0.717) is 19.7 Å². The Morgan fingerprint density at radius 3 is 2.83 bits per heavy atom. The number of nitrogens with one attached hydrogen (secondary N) is 1. The molecule has 23 heavy (non-hydrogen) atoms. The topological polar surface area (TPSA) is 74.8 Å². The first-order valence-corrected chi connectivity index (χ1v) is 7.66. The van der Waals surface area contributed by atoms with Gasteiger partial charge in [0.1, 0.15) is 0 Å². The van der Waals surface area contributed by atoms with Crippen molar-refractivity contribution in [2.24, 2.45) is 0 Å². The molecule has 3 amide bonds. The standard InChI is InChI=1S/C16H24N4O3/c1-11-7-12(2)17-8-13(11)9-18-16(22)20-5-6-23-14(10-20)15(21)19(3)4/h7-8,14H,5-6,9-10H2,1-4H3,(H,18,22). The summed E-state index contributed by atoms with van der Waals surface area (Å²) in [6.45, 7) is 5.47. The number of likely N-dealkylation sites (N-methyl/N-ethyl adjacent to an activating group) is 1. The van der Waals surface area contributed by atoms with E-state index in [1.807, 2.05) is 19.9 Å².